The molecule has 17 heavy (non-hydrogen) atoms. The Bertz CT molecular complexity index is 273. The van der Waals surface area contributed by atoms with Gasteiger partial charge < -0.3 is 14.7 Å². The molecule has 1 N–H and O–H groups in total. The summed E-state index contributed by atoms with van der Waals surface area (Å²) in [6, 6.07) is 0. The molecular formula is C11H20N2O4. The van der Waals surface area contributed by atoms with Gasteiger partial charge in [0.05, 0.1) is 13.2 Å². The van der Waals surface area contributed by atoms with Gasteiger partial charge in [0.1, 0.15) is 0 Å². The van der Waals surface area contributed by atoms with Gasteiger partial charge in [-0.3, -0.25) is 9.69 Å². The number of carbonyl (C=O) groups excluding carboxylic acids is 1. The lowest BCUT2D eigenvalue weighted by molar-refractivity contribution is -0.138. The molecule has 1 heterocycles. The third-order valence-electron chi connectivity index (χ3n) is 2.53. The van der Waals surface area contributed by atoms with Crippen molar-refractivity contribution in [1.82, 2.24) is 9.80 Å². The van der Waals surface area contributed by atoms with E-state index < -0.39 is 5.97 Å². The number of aliphatic carboxylic acids is 1. The first-order valence-electron chi connectivity index (χ1n) is 5.85. The fourth-order valence-electron chi connectivity index (χ4n) is 1.61. The maximum atomic E-state index is 11.6. The molecule has 1 saturated heterocycles. The number of rotatable bonds is 4. The summed E-state index contributed by atoms with van der Waals surface area (Å²) in [6.07, 6.45) is -0.298. The molecule has 98 valence electrons. The first-order valence-corrected chi connectivity index (χ1v) is 5.85. The molecule has 1 rings (SSSR count). The number of amides is 1. The Morgan fingerprint density at radius 3 is 2.29 bits per heavy atom. The second kappa shape index (κ2) is 6.44. The number of hydrogen-bond acceptors (Lipinski definition) is 4. The average Bonchev–Trinajstić information content (AvgIpc) is 2.26. The second-order valence-electron chi connectivity index (χ2n) is 4.63. The molecule has 0 bridgehead atoms. The molecule has 0 radical (unpaired) electrons. The van der Waals surface area contributed by atoms with Gasteiger partial charge in [0.25, 0.3) is 0 Å². The van der Waals surface area contributed by atoms with E-state index in [1.165, 1.54) is 0 Å². The molecular weight excluding hydrogens is 224 g/mol. The number of carbonyl (C=O) groups is 2. The highest BCUT2D eigenvalue weighted by atomic mass is 16.6. The van der Waals surface area contributed by atoms with Crippen LogP contribution in [0.5, 0.6) is 0 Å². The van der Waals surface area contributed by atoms with E-state index in [0.29, 0.717) is 38.7 Å². The van der Waals surface area contributed by atoms with Crippen molar-refractivity contribution in [2.45, 2.75) is 13.8 Å². The molecule has 0 aromatic carbocycles. The van der Waals surface area contributed by atoms with Crippen LogP contribution in [0.25, 0.3) is 0 Å². The molecule has 0 saturated carbocycles. The number of ether oxygens (including phenoxy) is 1. The van der Waals surface area contributed by atoms with Gasteiger partial charge in [0.2, 0.25) is 0 Å². The molecule has 0 atom stereocenters. The minimum absolute atomic E-state index is 0.0366. The summed E-state index contributed by atoms with van der Waals surface area (Å²) < 4.78 is 5.11. The lowest BCUT2D eigenvalue weighted by Gasteiger charge is -2.33. The maximum Gasteiger partial charge on any atom is 0.409 e. The molecule has 6 heteroatoms. The van der Waals surface area contributed by atoms with Crippen LogP contribution in [0, 0.1) is 5.92 Å². The predicted octanol–water partition coefficient (Wildman–Crippen LogP) is 0.481. The largest absolute Gasteiger partial charge is 0.480 e. The van der Waals surface area contributed by atoms with Gasteiger partial charge in [-0.2, -0.15) is 0 Å². The Morgan fingerprint density at radius 2 is 1.82 bits per heavy atom. The third kappa shape index (κ3) is 5.04. The van der Waals surface area contributed by atoms with Crippen LogP contribution >= 0.6 is 0 Å². The topological polar surface area (TPSA) is 70.1 Å². The van der Waals surface area contributed by atoms with E-state index in [4.69, 9.17) is 9.84 Å². The van der Waals surface area contributed by atoms with Gasteiger partial charge in [0, 0.05) is 26.2 Å². The molecule has 1 amide bonds. The zero-order chi connectivity index (χ0) is 12.8. The lowest BCUT2D eigenvalue weighted by atomic mass is 10.2. The Labute approximate surface area is 101 Å². The van der Waals surface area contributed by atoms with E-state index in [1.54, 1.807) is 4.90 Å². The summed E-state index contributed by atoms with van der Waals surface area (Å²) in [7, 11) is 0. The van der Waals surface area contributed by atoms with Gasteiger partial charge in [0.15, 0.2) is 0 Å². The van der Waals surface area contributed by atoms with Crippen molar-refractivity contribution in [3.05, 3.63) is 0 Å². The molecule has 0 aromatic heterocycles. The van der Waals surface area contributed by atoms with Crippen molar-refractivity contribution in [3.63, 3.8) is 0 Å². The van der Waals surface area contributed by atoms with E-state index in [0.717, 1.165) is 0 Å². The lowest BCUT2D eigenvalue weighted by Crippen LogP contribution is -2.50. The van der Waals surface area contributed by atoms with Crippen LogP contribution in [-0.4, -0.2) is 66.3 Å². The Balaban J connectivity index is 2.26. The minimum atomic E-state index is -0.833. The van der Waals surface area contributed by atoms with E-state index >= 15 is 0 Å². The van der Waals surface area contributed by atoms with Crippen LogP contribution in [0.15, 0.2) is 0 Å². The molecule has 0 spiro atoms. The smallest absolute Gasteiger partial charge is 0.409 e. The first-order chi connectivity index (χ1) is 7.99. The highest BCUT2D eigenvalue weighted by Gasteiger charge is 2.23. The van der Waals surface area contributed by atoms with Crippen LogP contribution in [0.2, 0.25) is 0 Å². The van der Waals surface area contributed by atoms with Crippen LogP contribution in [-0.2, 0) is 9.53 Å². The van der Waals surface area contributed by atoms with Crippen molar-refractivity contribution in [3.8, 4) is 0 Å². The third-order valence-corrected chi connectivity index (χ3v) is 2.53. The minimum Gasteiger partial charge on any atom is -0.480 e. The number of carboxylic acid groups (broad SMARTS) is 1. The molecule has 0 aliphatic carbocycles. The predicted molar refractivity (Wildman–Crippen MR) is 61.8 cm³/mol. The fraction of sp³-hybridized carbons (Fsp3) is 0.818. The van der Waals surface area contributed by atoms with Gasteiger partial charge in [-0.1, -0.05) is 13.8 Å². The zero-order valence-corrected chi connectivity index (χ0v) is 10.4. The summed E-state index contributed by atoms with van der Waals surface area (Å²) in [4.78, 5) is 25.6. The van der Waals surface area contributed by atoms with Crippen molar-refractivity contribution in [2.75, 3.05) is 39.3 Å². The molecule has 1 aliphatic rings. The first kappa shape index (κ1) is 13.8. The van der Waals surface area contributed by atoms with Crippen molar-refractivity contribution in [2.24, 2.45) is 5.92 Å². The maximum absolute atomic E-state index is 11.6. The monoisotopic (exact) mass is 244 g/mol. The second-order valence-corrected chi connectivity index (χ2v) is 4.63. The number of carboxylic acids is 1. The Morgan fingerprint density at radius 1 is 1.24 bits per heavy atom. The van der Waals surface area contributed by atoms with Crippen LogP contribution in [0.4, 0.5) is 4.79 Å². The normalized spacial score (nSPS) is 17.2. The van der Waals surface area contributed by atoms with E-state index in [1.807, 2.05) is 18.7 Å². The van der Waals surface area contributed by atoms with E-state index in [9.17, 15) is 9.59 Å². The van der Waals surface area contributed by atoms with Crippen molar-refractivity contribution < 1.29 is 19.4 Å². The highest BCUT2D eigenvalue weighted by molar-refractivity contribution is 5.69. The standard InChI is InChI=1S/C11H20N2O4/c1-9(2)8-17-11(16)13-5-3-12(4-6-13)7-10(14)15/h9H,3-8H2,1-2H3,(H,14,15). The highest BCUT2D eigenvalue weighted by Crippen LogP contribution is 2.04. The van der Waals surface area contributed by atoms with Gasteiger partial charge in [-0.05, 0) is 5.92 Å². The van der Waals surface area contributed by atoms with E-state index in [2.05, 4.69) is 0 Å². The SMILES string of the molecule is CC(C)COC(=O)N1CCN(CC(=O)O)CC1. The molecule has 1 aliphatic heterocycles. The fourth-order valence-corrected chi connectivity index (χ4v) is 1.61. The molecule has 1 fully saturated rings. The van der Waals surface area contributed by atoms with Crippen LogP contribution in [0.3, 0.4) is 0 Å². The average molecular weight is 244 g/mol. The summed E-state index contributed by atoms with van der Waals surface area (Å²) in [6.45, 7) is 6.67. The van der Waals surface area contributed by atoms with Gasteiger partial charge >= 0.3 is 12.1 Å². The number of nitrogens with zero attached hydrogens (tertiary/aromatic N) is 2. The zero-order valence-electron chi connectivity index (χ0n) is 10.4. The van der Waals surface area contributed by atoms with E-state index in [-0.39, 0.29) is 12.6 Å². The van der Waals surface area contributed by atoms with Crippen molar-refractivity contribution >= 4 is 12.1 Å². The number of hydrogen-bond donors (Lipinski definition) is 1. The summed E-state index contributed by atoms with van der Waals surface area (Å²) >= 11 is 0. The Hall–Kier alpha value is -1.30. The quantitative estimate of drug-likeness (QED) is 0.779. The van der Waals surface area contributed by atoms with Crippen LogP contribution < -0.4 is 0 Å². The summed E-state index contributed by atoms with van der Waals surface area (Å²) in [5, 5.41) is 8.64. The van der Waals surface area contributed by atoms with Gasteiger partial charge in [-0.25, -0.2) is 4.79 Å². The van der Waals surface area contributed by atoms with Crippen molar-refractivity contribution in [1.29, 1.82) is 0 Å². The Kier molecular flexibility index (Phi) is 5.21. The van der Waals surface area contributed by atoms with Crippen LogP contribution in [0.1, 0.15) is 13.8 Å². The molecule has 0 unspecified atom stereocenters. The van der Waals surface area contributed by atoms with Gasteiger partial charge in [-0.15, -0.1) is 0 Å². The molecule has 0 aromatic rings. The summed E-state index contributed by atoms with van der Waals surface area (Å²) in [5.74, 6) is -0.506. The molecule has 6 nitrogen and oxygen atoms in total. The summed E-state index contributed by atoms with van der Waals surface area (Å²) in [5.41, 5.74) is 0. The number of piperazine rings is 1.